The van der Waals surface area contributed by atoms with Gasteiger partial charge in [-0.05, 0) is 11.1 Å². The van der Waals surface area contributed by atoms with Crippen LogP contribution in [0.25, 0.3) is 0 Å². The Balaban J connectivity index is 1.66. The lowest BCUT2D eigenvalue weighted by atomic mass is 9.82. The van der Waals surface area contributed by atoms with E-state index in [0.29, 0.717) is 0 Å². The lowest BCUT2D eigenvalue weighted by molar-refractivity contribution is -0.165. The van der Waals surface area contributed by atoms with E-state index in [9.17, 15) is 14.4 Å². The van der Waals surface area contributed by atoms with Gasteiger partial charge in [-0.3, -0.25) is 9.59 Å². The predicted molar refractivity (Wildman–Crippen MR) is 98.6 cm³/mol. The third-order valence-electron chi connectivity index (χ3n) is 5.55. The minimum atomic E-state index is -0.953. The van der Waals surface area contributed by atoms with E-state index >= 15 is 0 Å². The number of nitrogens with zero attached hydrogens (tertiary/aromatic N) is 1. The number of rotatable bonds is 4. The van der Waals surface area contributed by atoms with Crippen LogP contribution >= 0.6 is 0 Å². The Morgan fingerprint density at radius 2 is 1.52 bits per heavy atom. The van der Waals surface area contributed by atoms with Crippen molar-refractivity contribution in [3.63, 3.8) is 0 Å². The summed E-state index contributed by atoms with van der Waals surface area (Å²) in [5, 5.41) is 0. The van der Waals surface area contributed by atoms with Gasteiger partial charge in [-0.15, -0.1) is 0 Å². The van der Waals surface area contributed by atoms with Crippen molar-refractivity contribution >= 4 is 17.7 Å². The van der Waals surface area contributed by atoms with E-state index in [1.807, 2.05) is 60.7 Å². The van der Waals surface area contributed by atoms with Gasteiger partial charge >= 0.3 is 5.97 Å². The molecule has 0 bridgehead atoms. The molecule has 138 valence electrons. The first-order valence-corrected chi connectivity index (χ1v) is 9.07. The van der Waals surface area contributed by atoms with E-state index in [0.717, 1.165) is 11.1 Å². The number of fused-ring (bicyclic) bond motifs is 1. The summed E-state index contributed by atoms with van der Waals surface area (Å²) in [5.41, 5.74) is 0.725. The molecule has 2 unspecified atom stereocenters. The number of ether oxygens (including phenoxy) is 1. The summed E-state index contributed by atoms with van der Waals surface area (Å²) in [6, 6.07) is 17.6. The Bertz CT molecular complexity index is 852. The molecule has 2 aromatic carbocycles. The monoisotopic (exact) mass is 363 g/mol. The first-order valence-electron chi connectivity index (χ1n) is 9.07. The van der Waals surface area contributed by atoms with Crippen LogP contribution in [-0.4, -0.2) is 34.6 Å². The van der Waals surface area contributed by atoms with Crippen LogP contribution in [0.5, 0.6) is 0 Å². The Morgan fingerprint density at radius 1 is 1.00 bits per heavy atom. The van der Waals surface area contributed by atoms with Crippen LogP contribution in [0, 0.1) is 5.41 Å². The Hall–Kier alpha value is -2.95. The largest absolute Gasteiger partial charge is 0.451 e. The first-order chi connectivity index (χ1) is 12.9. The maximum Gasteiger partial charge on any atom is 0.330 e. The lowest BCUT2D eigenvalue weighted by Gasteiger charge is -2.37. The topological polar surface area (TPSA) is 63.7 Å². The molecule has 0 spiro atoms. The molecule has 0 N–H and O–H groups in total. The number of carbonyl (C=O) groups is 3. The standard InChI is InChI=1S/C22H21NO4/c1-22(2)19(23-16(20(22)25)13-17(23)24)21(26)27-18(14-9-5-3-6-10-14)15-11-7-4-8-12-15/h3-12,16,18-19H,13H2,1-2H3. The van der Waals surface area contributed by atoms with Crippen LogP contribution in [0.4, 0.5) is 0 Å². The maximum atomic E-state index is 13.1. The number of ketones is 1. The minimum Gasteiger partial charge on any atom is -0.451 e. The molecule has 2 saturated heterocycles. The SMILES string of the molecule is CC1(C)C(=O)C2CC(=O)N2C1C(=O)OC(c1ccccc1)c1ccccc1. The first kappa shape index (κ1) is 17.5. The second kappa shape index (κ2) is 6.34. The molecule has 2 heterocycles. The molecule has 2 fully saturated rings. The number of β-lactam (4-membered cyclic amide) rings is 1. The molecule has 0 radical (unpaired) electrons. The molecule has 5 nitrogen and oxygen atoms in total. The highest BCUT2D eigenvalue weighted by Gasteiger charge is 2.64. The van der Waals surface area contributed by atoms with Gasteiger partial charge in [0.15, 0.2) is 11.9 Å². The van der Waals surface area contributed by atoms with Crippen LogP contribution in [-0.2, 0) is 19.1 Å². The summed E-state index contributed by atoms with van der Waals surface area (Å²) in [6.07, 6.45) is -0.409. The average molecular weight is 363 g/mol. The van der Waals surface area contributed by atoms with Gasteiger partial charge in [-0.1, -0.05) is 74.5 Å². The van der Waals surface area contributed by atoms with E-state index in [-0.39, 0.29) is 18.1 Å². The highest BCUT2D eigenvalue weighted by Crippen LogP contribution is 2.45. The van der Waals surface area contributed by atoms with Crippen molar-refractivity contribution in [1.82, 2.24) is 4.90 Å². The van der Waals surface area contributed by atoms with E-state index in [4.69, 9.17) is 4.74 Å². The second-order valence-corrected chi connectivity index (χ2v) is 7.65. The second-order valence-electron chi connectivity index (χ2n) is 7.65. The Kier molecular flexibility index (Phi) is 4.10. The molecule has 5 heteroatoms. The molecule has 2 aromatic rings. The van der Waals surface area contributed by atoms with Gasteiger partial charge in [0.1, 0.15) is 12.1 Å². The van der Waals surface area contributed by atoms with E-state index in [2.05, 4.69) is 0 Å². The van der Waals surface area contributed by atoms with Crippen molar-refractivity contribution in [2.75, 3.05) is 0 Å². The van der Waals surface area contributed by atoms with Gasteiger partial charge in [0.25, 0.3) is 0 Å². The summed E-state index contributed by atoms with van der Waals surface area (Å²) in [4.78, 5) is 39.2. The summed E-state index contributed by atoms with van der Waals surface area (Å²) in [5.74, 6) is -0.779. The van der Waals surface area contributed by atoms with Crippen LogP contribution in [0.3, 0.4) is 0 Å². The quantitative estimate of drug-likeness (QED) is 0.619. The normalized spacial score (nSPS) is 23.1. The summed E-state index contributed by atoms with van der Waals surface area (Å²) < 4.78 is 5.91. The third-order valence-corrected chi connectivity index (χ3v) is 5.55. The molecular weight excluding hydrogens is 342 g/mol. The predicted octanol–water partition coefficient (Wildman–Crippen LogP) is 2.90. The number of Topliss-reactive ketones (excluding diaryl/α,β-unsaturated/α-hetero) is 1. The fraction of sp³-hybridized carbons (Fsp3) is 0.318. The minimum absolute atomic E-state index is 0.0694. The molecule has 0 aromatic heterocycles. The summed E-state index contributed by atoms with van der Waals surface area (Å²) in [7, 11) is 0. The fourth-order valence-corrected chi connectivity index (χ4v) is 4.06. The average Bonchev–Trinajstić information content (AvgIpc) is 2.84. The van der Waals surface area contributed by atoms with E-state index < -0.39 is 29.6 Å². The zero-order chi connectivity index (χ0) is 19.2. The maximum absolute atomic E-state index is 13.1. The molecule has 4 rings (SSSR count). The van der Waals surface area contributed by atoms with Crippen molar-refractivity contribution < 1.29 is 19.1 Å². The number of hydrogen-bond acceptors (Lipinski definition) is 4. The third kappa shape index (κ3) is 2.74. The summed E-state index contributed by atoms with van der Waals surface area (Å²) in [6.45, 7) is 3.43. The number of esters is 1. The van der Waals surface area contributed by atoms with Crippen molar-refractivity contribution in [2.24, 2.45) is 5.41 Å². The van der Waals surface area contributed by atoms with Gasteiger partial charge in [0.05, 0.1) is 11.8 Å². The molecular formula is C22H21NO4. The molecule has 0 aliphatic carbocycles. The van der Waals surface area contributed by atoms with Crippen LogP contribution < -0.4 is 0 Å². The van der Waals surface area contributed by atoms with Crippen molar-refractivity contribution in [1.29, 1.82) is 0 Å². The zero-order valence-electron chi connectivity index (χ0n) is 15.3. The van der Waals surface area contributed by atoms with E-state index in [1.165, 1.54) is 4.90 Å². The van der Waals surface area contributed by atoms with Gasteiger partial charge in [-0.25, -0.2) is 4.79 Å². The Morgan fingerprint density at radius 3 is 2.00 bits per heavy atom. The van der Waals surface area contributed by atoms with Gasteiger partial charge in [0.2, 0.25) is 5.91 Å². The molecule has 0 saturated carbocycles. The smallest absolute Gasteiger partial charge is 0.330 e. The molecule has 27 heavy (non-hydrogen) atoms. The van der Waals surface area contributed by atoms with Crippen molar-refractivity contribution in [2.45, 2.75) is 38.5 Å². The summed E-state index contributed by atoms with van der Waals surface area (Å²) >= 11 is 0. The van der Waals surface area contributed by atoms with Gasteiger partial charge in [-0.2, -0.15) is 0 Å². The number of hydrogen-bond donors (Lipinski definition) is 0. The van der Waals surface area contributed by atoms with Crippen LogP contribution in [0.15, 0.2) is 60.7 Å². The van der Waals surface area contributed by atoms with Gasteiger partial charge < -0.3 is 9.64 Å². The highest BCUT2D eigenvalue weighted by molar-refractivity contribution is 6.09. The zero-order valence-corrected chi connectivity index (χ0v) is 15.3. The number of carbonyl (C=O) groups excluding carboxylic acids is 3. The molecule has 2 atom stereocenters. The molecule has 2 aliphatic heterocycles. The van der Waals surface area contributed by atoms with Gasteiger partial charge in [0, 0.05) is 0 Å². The highest BCUT2D eigenvalue weighted by atomic mass is 16.5. The van der Waals surface area contributed by atoms with E-state index in [1.54, 1.807) is 13.8 Å². The molecule has 2 aliphatic rings. The van der Waals surface area contributed by atoms with Crippen LogP contribution in [0.1, 0.15) is 37.5 Å². The number of amides is 1. The lowest BCUT2D eigenvalue weighted by Crippen LogP contribution is -2.56. The van der Waals surface area contributed by atoms with Crippen molar-refractivity contribution in [3.05, 3.63) is 71.8 Å². The fourth-order valence-electron chi connectivity index (χ4n) is 4.06. The molecule has 1 amide bonds. The van der Waals surface area contributed by atoms with Crippen LogP contribution in [0.2, 0.25) is 0 Å². The van der Waals surface area contributed by atoms with Crippen molar-refractivity contribution in [3.8, 4) is 0 Å². The number of benzene rings is 2. The Labute approximate surface area is 157 Å².